The third-order valence-corrected chi connectivity index (χ3v) is 4.52. The number of aromatic nitrogens is 2. The van der Waals surface area contributed by atoms with Crippen LogP contribution in [0.3, 0.4) is 0 Å². The van der Waals surface area contributed by atoms with E-state index >= 15 is 0 Å². The van der Waals surface area contributed by atoms with Gasteiger partial charge in [0.25, 0.3) is 11.5 Å². The van der Waals surface area contributed by atoms with Crippen molar-refractivity contribution in [2.75, 3.05) is 26.2 Å². The summed E-state index contributed by atoms with van der Waals surface area (Å²) in [6.45, 7) is 3.75. The second kappa shape index (κ2) is 7.74. The van der Waals surface area contributed by atoms with E-state index in [1.165, 1.54) is 12.3 Å². The molecule has 26 heavy (non-hydrogen) atoms. The maximum atomic E-state index is 12.6. The molecule has 0 unspecified atom stereocenters. The van der Waals surface area contributed by atoms with Gasteiger partial charge in [0.1, 0.15) is 10.8 Å². The van der Waals surface area contributed by atoms with Crippen molar-refractivity contribution in [2.45, 2.75) is 19.8 Å². The van der Waals surface area contributed by atoms with E-state index in [0.29, 0.717) is 43.9 Å². The Kier molecular flexibility index (Phi) is 5.41. The van der Waals surface area contributed by atoms with Crippen molar-refractivity contribution in [1.82, 2.24) is 19.9 Å². The lowest BCUT2D eigenvalue weighted by molar-refractivity contribution is -0.130. The number of nitrogens with one attached hydrogen (secondary N) is 1. The average Bonchev–Trinajstić information content (AvgIpc) is 2.87. The Labute approximate surface area is 154 Å². The van der Waals surface area contributed by atoms with E-state index < -0.39 is 5.56 Å². The smallest absolute Gasteiger partial charge is 0.266 e. The quantitative estimate of drug-likeness (QED) is 0.866. The molecule has 0 bridgehead atoms. The summed E-state index contributed by atoms with van der Waals surface area (Å²) >= 11 is 5.79. The molecule has 0 aromatic carbocycles. The molecule has 0 spiro atoms. The van der Waals surface area contributed by atoms with Crippen LogP contribution < -0.4 is 5.56 Å². The molecule has 138 valence electrons. The number of hydrogen-bond donors (Lipinski definition) is 1. The molecule has 3 rings (SSSR count). The first-order valence-corrected chi connectivity index (χ1v) is 8.69. The van der Waals surface area contributed by atoms with Gasteiger partial charge in [0.15, 0.2) is 0 Å². The molecular formula is C17H19ClN4O4. The molecule has 0 atom stereocenters. The molecule has 1 fully saturated rings. The van der Waals surface area contributed by atoms with E-state index in [4.69, 9.17) is 16.1 Å². The van der Waals surface area contributed by atoms with Crippen molar-refractivity contribution < 1.29 is 14.1 Å². The van der Waals surface area contributed by atoms with Crippen LogP contribution in [0.4, 0.5) is 0 Å². The van der Waals surface area contributed by atoms with Gasteiger partial charge in [0.2, 0.25) is 5.91 Å². The Morgan fingerprint density at radius 1 is 1.23 bits per heavy atom. The molecule has 9 heteroatoms. The number of rotatable bonds is 3. The standard InChI is InChI=1S/C17H19ClN4O4/c1-11-7-13(26-20-11)9-15(23)21-3-2-4-22(6-5-21)17(25)12-8-14(18)16(24)19-10-12/h7-8,10H,2-6,9H2,1H3,(H,19,24). The fraction of sp³-hybridized carbons (Fsp3) is 0.412. The number of amides is 2. The normalized spacial score (nSPS) is 15.0. The summed E-state index contributed by atoms with van der Waals surface area (Å²) in [6, 6.07) is 3.11. The number of halogens is 1. The van der Waals surface area contributed by atoms with Crippen molar-refractivity contribution in [3.63, 3.8) is 0 Å². The maximum absolute atomic E-state index is 12.6. The number of carbonyl (C=O) groups excluding carboxylic acids is 2. The van der Waals surface area contributed by atoms with Crippen LogP contribution in [0.15, 0.2) is 27.6 Å². The van der Waals surface area contributed by atoms with Gasteiger partial charge in [-0.2, -0.15) is 0 Å². The van der Waals surface area contributed by atoms with Crippen molar-refractivity contribution in [2.24, 2.45) is 0 Å². The van der Waals surface area contributed by atoms with Crippen LogP contribution in [0.2, 0.25) is 5.02 Å². The molecule has 3 heterocycles. The van der Waals surface area contributed by atoms with E-state index in [0.717, 1.165) is 5.69 Å². The monoisotopic (exact) mass is 378 g/mol. The molecule has 2 aromatic rings. The van der Waals surface area contributed by atoms with Gasteiger partial charge in [-0.05, 0) is 19.4 Å². The third kappa shape index (κ3) is 4.13. The SMILES string of the molecule is Cc1cc(CC(=O)N2CCCN(C(=O)c3c[nH]c(=O)c(Cl)c3)CC2)on1. The Morgan fingerprint density at radius 2 is 1.96 bits per heavy atom. The fourth-order valence-corrected chi connectivity index (χ4v) is 3.06. The zero-order valence-electron chi connectivity index (χ0n) is 14.3. The summed E-state index contributed by atoms with van der Waals surface area (Å²) in [5.74, 6) is 0.262. The van der Waals surface area contributed by atoms with Crippen LogP contribution in [0.1, 0.15) is 28.2 Å². The molecule has 2 aromatic heterocycles. The highest BCUT2D eigenvalue weighted by Crippen LogP contribution is 2.12. The molecule has 1 aliphatic rings. The first-order valence-electron chi connectivity index (χ1n) is 8.31. The first kappa shape index (κ1) is 18.2. The summed E-state index contributed by atoms with van der Waals surface area (Å²) in [6.07, 6.45) is 2.19. The minimum absolute atomic E-state index is 0.0233. The minimum Gasteiger partial charge on any atom is -0.361 e. The lowest BCUT2D eigenvalue weighted by atomic mass is 10.2. The molecule has 8 nitrogen and oxygen atoms in total. The van der Waals surface area contributed by atoms with Gasteiger partial charge in [0, 0.05) is 38.4 Å². The van der Waals surface area contributed by atoms with Gasteiger partial charge < -0.3 is 19.3 Å². The first-order chi connectivity index (χ1) is 12.4. The number of hydrogen-bond acceptors (Lipinski definition) is 5. The van der Waals surface area contributed by atoms with Gasteiger partial charge in [0.05, 0.1) is 17.7 Å². The molecular weight excluding hydrogens is 360 g/mol. The lowest BCUT2D eigenvalue weighted by Gasteiger charge is -2.22. The van der Waals surface area contributed by atoms with E-state index in [9.17, 15) is 14.4 Å². The van der Waals surface area contributed by atoms with Crippen LogP contribution >= 0.6 is 11.6 Å². The van der Waals surface area contributed by atoms with Crippen LogP contribution in [-0.2, 0) is 11.2 Å². The van der Waals surface area contributed by atoms with E-state index in [2.05, 4.69) is 10.1 Å². The Hall–Kier alpha value is -2.61. The summed E-state index contributed by atoms with van der Waals surface area (Å²) in [5.41, 5.74) is 0.630. The minimum atomic E-state index is -0.432. The Bertz CT molecular complexity index is 876. The number of H-pyrrole nitrogens is 1. The van der Waals surface area contributed by atoms with Gasteiger partial charge in [-0.1, -0.05) is 16.8 Å². The summed E-state index contributed by atoms with van der Waals surface area (Å²) in [7, 11) is 0. The van der Waals surface area contributed by atoms with E-state index in [1.54, 1.807) is 22.8 Å². The van der Waals surface area contributed by atoms with Crippen LogP contribution in [0.25, 0.3) is 0 Å². The van der Waals surface area contributed by atoms with Crippen molar-refractivity contribution >= 4 is 23.4 Å². The van der Waals surface area contributed by atoms with Gasteiger partial charge in [-0.3, -0.25) is 14.4 Å². The second-order valence-electron chi connectivity index (χ2n) is 6.20. The number of aromatic amines is 1. The van der Waals surface area contributed by atoms with Crippen molar-refractivity contribution in [1.29, 1.82) is 0 Å². The number of nitrogens with zero attached hydrogens (tertiary/aromatic N) is 3. The zero-order valence-corrected chi connectivity index (χ0v) is 15.1. The maximum Gasteiger partial charge on any atom is 0.266 e. The van der Waals surface area contributed by atoms with Crippen molar-refractivity contribution in [3.8, 4) is 0 Å². The number of aryl methyl sites for hydroxylation is 1. The molecule has 0 radical (unpaired) electrons. The third-order valence-electron chi connectivity index (χ3n) is 4.24. The largest absolute Gasteiger partial charge is 0.361 e. The molecule has 2 amide bonds. The molecule has 1 N–H and O–H groups in total. The van der Waals surface area contributed by atoms with E-state index in [-0.39, 0.29) is 23.3 Å². The molecule has 0 saturated carbocycles. The molecule has 0 aliphatic carbocycles. The highest BCUT2D eigenvalue weighted by Gasteiger charge is 2.24. The second-order valence-corrected chi connectivity index (χ2v) is 6.61. The predicted molar refractivity (Wildman–Crippen MR) is 94.1 cm³/mol. The van der Waals surface area contributed by atoms with Gasteiger partial charge >= 0.3 is 0 Å². The van der Waals surface area contributed by atoms with Gasteiger partial charge in [-0.25, -0.2) is 0 Å². The highest BCUT2D eigenvalue weighted by atomic mass is 35.5. The van der Waals surface area contributed by atoms with Crippen molar-refractivity contribution in [3.05, 3.63) is 50.7 Å². The fourth-order valence-electron chi connectivity index (χ4n) is 2.89. The van der Waals surface area contributed by atoms with Crippen LogP contribution in [0, 0.1) is 6.92 Å². The number of pyridine rings is 1. The summed E-state index contributed by atoms with van der Waals surface area (Å²) < 4.78 is 5.09. The lowest BCUT2D eigenvalue weighted by Crippen LogP contribution is -2.38. The predicted octanol–water partition coefficient (Wildman–Crippen LogP) is 1.24. The van der Waals surface area contributed by atoms with Crippen LogP contribution in [-0.4, -0.2) is 57.9 Å². The number of carbonyl (C=O) groups is 2. The highest BCUT2D eigenvalue weighted by molar-refractivity contribution is 6.30. The zero-order chi connectivity index (χ0) is 18.7. The van der Waals surface area contributed by atoms with Crippen LogP contribution in [0.5, 0.6) is 0 Å². The molecule has 1 saturated heterocycles. The van der Waals surface area contributed by atoms with E-state index in [1.807, 2.05) is 0 Å². The topological polar surface area (TPSA) is 99.5 Å². The average molecular weight is 379 g/mol. The Balaban J connectivity index is 1.62. The Morgan fingerprint density at radius 3 is 2.65 bits per heavy atom. The summed E-state index contributed by atoms with van der Waals surface area (Å²) in [4.78, 5) is 42.2. The summed E-state index contributed by atoms with van der Waals surface area (Å²) in [5, 5.41) is 3.76. The molecule has 1 aliphatic heterocycles. The van der Waals surface area contributed by atoms with Gasteiger partial charge in [-0.15, -0.1) is 0 Å².